The summed E-state index contributed by atoms with van der Waals surface area (Å²) < 4.78 is 0.454. The number of unbranched alkanes of at least 4 members (excludes halogenated alkanes) is 2. The highest BCUT2D eigenvalue weighted by Gasteiger charge is 2.08. The van der Waals surface area contributed by atoms with Gasteiger partial charge in [-0.2, -0.15) is 23.5 Å². The first-order valence-electron chi connectivity index (χ1n) is 5.78. The van der Waals surface area contributed by atoms with Crippen molar-refractivity contribution >= 4 is 23.5 Å². The van der Waals surface area contributed by atoms with Gasteiger partial charge in [-0.3, -0.25) is 0 Å². The van der Waals surface area contributed by atoms with Crippen molar-refractivity contribution in [2.24, 2.45) is 0 Å². The Kier molecular flexibility index (Phi) is 9.41. The van der Waals surface area contributed by atoms with E-state index in [1.54, 1.807) is 0 Å². The minimum absolute atomic E-state index is 0.454. The van der Waals surface area contributed by atoms with E-state index in [9.17, 15) is 0 Å². The van der Waals surface area contributed by atoms with Gasteiger partial charge in [0.15, 0.2) is 0 Å². The average Bonchev–Trinajstić information content (AvgIpc) is 2.08. The van der Waals surface area contributed by atoms with Gasteiger partial charge in [0.2, 0.25) is 0 Å². The van der Waals surface area contributed by atoms with Crippen LogP contribution < -0.4 is 0 Å². The average molecular weight is 234 g/mol. The molecule has 0 heterocycles. The fourth-order valence-corrected chi connectivity index (χ4v) is 3.10. The van der Waals surface area contributed by atoms with Gasteiger partial charge in [-0.15, -0.1) is 0 Å². The van der Waals surface area contributed by atoms with Crippen molar-refractivity contribution in [3.8, 4) is 0 Å². The molecule has 0 saturated carbocycles. The summed E-state index contributed by atoms with van der Waals surface area (Å²) in [6.07, 6.45) is 5.52. The van der Waals surface area contributed by atoms with Crippen molar-refractivity contribution in [1.82, 2.24) is 0 Å². The van der Waals surface area contributed by atoms with E-state index in [4.69, 9.17) is 0 Å². The summed E-state index contributed by atoms with van der Waals surface area (Å²) in [7, 11) is 0. The van der Waals surface area contributed by atoms with Crippen molar-refractivity contribution in [2.45, 2.75) is 58.1 Å². The second-order valence-electron chi connectivity index (χ2n) is 4.63. The minimum Gasteiger partial charge on any atom is -0.162 e. The molecule has 0 aliphatic carbocycles. The SMILES string of the molecule is CCCCSCCCCSC(C)(C)C. The molecule has 0 aromatic heterocycles. The maximum Gasteiger partial charge on any atom is 0.00750 e. The fraction of sp³-hybridized carbons (Fsp3) is 1.00. The molecular weight excluding hydrogens is 208 g/mol. The number of hydrogen-bond donors (Lipinski definition) is 0. The van der Waals surface area contributed by atoms with E-state index in [0.29, 0.717) is 4.75 Å². The van der Waals surface area contributed by atoms with Gasteiger partial charge >= 0.3 is 0 Å². The van der Waals surface area contributed by atoms with Gasteiger partial charge in [0, 0.05) is 4.75 Å². The van der Waals surface area contributed by atoms with Gasteiger partial charge in [-0.1, -0.05) is 34.1 Å². The standard InChI is InChI=1S/C12H26S2/c1-5-6-9-13-10-7-8-11-14-12(2,3)4/h5-11H2,1-4H3. The predicted molar refractivity (Wildman–Crippen MR) is 73.7 cm³/mol. The molecule has 0 amide bonds. The molecule has 0 fully saturated rings. The van der Waals surface area contributed by atoms with E-state index in [1.165, 1.54) is 42.9 Å². The monoisotopic (exact) mass is 234 g/mol. The van der Waals surface area contributed by atoms with Gasteiger partial charge < -0.3 is 0 Å². The second-order valence-corrected chi connectivity index (χ2v) is 7.78. The zero-order valence-electron chi connectivity index (χ0n) is 10.3. The Morgan fingerprint density at radius 1 is 0.857 bits per heavy atom. The van der Waals surface area contributed by atoms with E-state index in [1.807, 2.05) is 0 Å². The lowest BCUT2D eigenvalue weighted by molar-refractivity contribution is 0.795. The summed E-state index contributed by atoms with van der Waals surface area (Å²) in [5, 5.41) is 0. The molecule has 14 heavy (non-hydrogen) atoms. The second kappa shape index (κ2) is 8.96. The van der Waals surface area contributed by atoms with Crippen molar-refractivity contribution in [3.05, 3.63) is 0 Å². The molecule has 0 atom stereocenters. The van der Waals surface area contributed by atoms with Crippen LogP contribution in [-0.4, -0.2) is 22.0 Å². The van der Waals surface area contributed by atoms with E-state index >= 15 is 0 Å². The summed E-state index contributed by atoms with van der Waals surface area (Å²) in [5.41, 5.74) is 0. The highest BCUT2D eigenvalue weighted by molar-refractivity contribution is 8.00. The predicted octanol–water partition coefficient (Wildman–Crippen LogP) is 4.83. The van der Waals surface area contributed by atoms with Crippen LogP contribution in [-0.2, 0) is 0 Å². The minimum atomic E-state index is 0.454. The molecule has 0 unspecified atom stereocenters. The van der Waals surface area contributed by atoms with E-state index in [2.05, 4.69) is 51.2 Å². The molecule has 0 nitrogen and oxygen atoms in total. The van der Waals surface area contributed by atoms with E-state index in [0.717, 1.165) is 0 Å². The van der Waals surface area contributed by atoms with Crippen LogP contribution in [0, 0.1) is 0 Å². The third-order valence-corrected chi connectivity index (χ3v) is 4.37. The number of hydrogen-bond acceptors (Lipinski definition) is 2. The quantitative estimate of drug-likeness (QED) is 0.552. The Labute approximate surface area is 99.0 Å². The molecule has 0 aromatic rings. The first-order valence-corrected chi connectivity index (χ1v) is 7.92. The summed E-state index contributed by atoms with van der Waals surface area (Å²) in [4.78, 5) is 0. The van der Waals surface area contributed by atoms with Gasteiger partial charge in [-0.05, 0) is 36.5 Å². The van der Waals surface area contributed by atoms with Crippen LogP contribution in [0.1, 0.15) is 53.4 Å². The molecule has 86 valence electrons. The molecule has 0 aromatic carbocycles. The molecule has 0 aliphatic rings. The molecule has 0 bridgehead atoms. The third kappa shape index (κ3) is 12.7. The molecule has 0 spiro atoms. The van der Waals surface area contributed by atoms with E-state index in [-0.39, 0.29) is 0 Å². The van der Waals surface area contributed by atoms with Gasteiger partial charge in [-0.25, -0.2) is 0 Å². The van der Waals surface area contributed by atoms with Crippen molar-refractivity contribution in [3.63, 3.8) is 0 Å². The lowest BCUT2D eigenvalue weighted by atomic mass is 10.3. The van der Waals surface area contributed by atoms with Crippen LogP contribution in [0.5, 0.6) is 0 Å². The molecule has 0 N–H and O–H groups in total. The third-order valence-electron chi connectivity index (χ3n) is 1.86. The maximum atomic E-state index is 2.30. The van der Waals surface area contributed by atoms with Gasteiger partial charge in [0.1, 0.15) is 0 Å². The summed E-state index contributed by atoms with van der Waals surface area (Å²) in [5.74, 6) is 4.06. The lowest BCUT2D eigenvalue weighted by Gasteiger charge is -2.17. The van der Waals surface area contributed by atoms with Gasteiger partial charge in [0.05, 0.1) is 0 Å². The topological polar surface area (TPSA) is 0 Å². The summed E-state index contributed by atoms with van der Waals surface area (Å²) in [6, 6.07) is 0. The molecular formula is C12H26S2. The lowest BCUT2D eigenvalue weighted by Crippen LogP contribution is -2.08. The molecule has 0 radical (unpaired) electrons. The van der Waals surface area contributed by atoms with Crippen molar-refractivity contribution in [2.75, 3.05) is 17.3 Å². The van der Waals surface area contributed by atoms with E-state index < -0.39 is 0 Å². The Balaban J connectivity index is 2.99. The zero-order valence-corrected chi connectivity index (χ0v) is 11.9. The molecule has 0 aliphatic heterocycles. The highest BCUT2D eigenvalue weighted by atomic mass is 32.2. The first kappa shape index (κ1) is 14.7. The van der Waals surface area contributed by atoms with Crippen LogP contribution in [0.3, 0.4) is 0 Å². The van der Waals surface area contributed by atoms with Crippen LogP contribution in [0.2, 0.25) is 0 Å². The van der Waals surface area contributed by atoms with Gasteiger partial charge in [0.25, 0.3) is 0 Å². The zero-order chi connectivity index (χ0) is 10.9. The normalized spacial score (nSPS) is 12.0. The van der Waals surface area contributed by atoms with Crippen LogP contribution in [0.25, 0.3) is 0 Å². The summed E-state index contributed by atoms with van der Waals surface area (Å²) in [6.45, 7) is 9.16. The molecule has 0 rings (SSSR count). The molecule has 0 saturated heterocycles. The largest absolute Gasteiger partial charge is 0.162 e. The smallest absolute Gasteiger partial charge is 0.00750 e. The maximum absolute atomic E-state index is 2.30. The highest BCUT2D eigenvalue weighted by Crippen LogP contribution is 2.24. The van der Waals surface area contributed by atoms with Crippen LogP contribution in [0.4, 0.5) is 0 Å². The Hall–Kier alpha value is 0.700. The first-order chi connectivity index (χ1) is 6.56. The van der Waals surface area contributed by atoms with Crippen molar-refractivity contribution in [1.29, 1.82) is 0 Å². The Bertz CT molecular complexity index is 116. The summed E-state index contributed by atoms with van der Waals surface area (Å²) >= 11 is 4.22. The fourth-order valence-electron chi connectivity index (χ4n) is 1.03. The number of thioether (sulfide) groups is 2. The van der Waals surface area contributed by atoms with Crippen LogP contribution in [0.15, 0.2) is 0 Å². The number of rotatable bonds is 8. The molecule has 2 heteroatoms. The Morgan fingerprint density at radius 2 is 1.43 bits per heavy atom. The van der Waals surface area contributed by atoms with Crippen LogP contribution >= 0.6 is 23.5 Å². The van der Waals surface area contributed by atoms with Crippen molar-refractivity contribution < 1.29 is 0 Å². The Morgan fingerprint density at radius 3 is 2.00 bits per heavy atom.